The molecule has 25 heavy (non-hydrogen) atoms. The van der Waals surface area contributed by atoms with Crippen LogP contribution in [0.2, 0.25) is 10.0 Å². The van der Waals surface area contributed by atoms with Gasteiger partial charge in [0.15, 0.2) is 0 Å². The van der Waals surface area contributed by atoms with Gasteiger partial charge < -0.3 is 5.32 Å². The lowest BCUT2D eigenvalue weighted by atomic mass is 10.2. The number of amides is 1. The van der Waals surface area contributed by atoms with E-state index in [0.717, 1.165) is 16.1 Å². The van der Waals surface area contributed by atoms with Crippen LogP contribution in [0.5, 0.6) is 0 Å². The standard InChI is InChI=1S/C16H12Cl2N4OS2/c1-9(23)20-15-14(13-3-2-6-24-13)21-16(25-15)22-19-8-10-4-5-11(17)7-12(10)18/h2-8H,1H3,(H,20,23)(H,21,22). The lowest BCUT2D eigenvalue weighted by Gasteiger charge is -1.99. The molecule has 0 unspecified atom stereocenters. The van der Waals surface area contributed by atoms with Crippen LogP contribution in [0.1, 0.15) is 12.5 Å². The average Bonchev–Trinajstić information content (AvgIpc) is 3.18. The first-order valence-electron chi connectivity index (χ1n) is 7.09. The predicted molar refractivity (Wildman–Crippen MR) is 107 cm³/mol. The number of carbonyl (C=O) groups is 1. The molecule has 0 saturated carbocycles. The summed E-state index contributed by atoms with van der Waals surface area (Å²) in [5.41, 5.74) is 4.32. The Balaban J connectivity index is 1.80. The van der Waals surface area contributed by atoms with Crippen molar-refractivity contribution in [3.63, 3.8) is 0 Å². The molecular weight excluding hydrogens is 399 g/mol. The number of thiazole rings is 1. The number of nitrogens with zero attached hydrogens (tertiary/aromatic N) is 2. The molecule has 3 aromatic rings. The molecule has 0 aliphatic heterocycles. The zero-order chi connectivity index (χ0) is 17.8. The van der Waals surface area contributed by atoms with Crippen molar-refractivity contribution in [1.29, 1.82) is 0 Å². The number of hydrazone groups is 1. The predicted octanol–water partition coefficient (Wildman–Crippen LogP) is 5.58. The fourth-order valence-corrected chi connectivity index (χ4v) is 4.07. The summed E-state index contributed by atoms with van der Waals surface area (Å²) in [6, 6.07) is 9.05. The van der Waals surface area contributed by atoms with E-state index in [4.69, 9.17) is 23.2 Å². The van der Waals surface area contributed by atoms with Gasteiger partial charge in [-0.25, -0.2) is 4.98 Å². The van der Waals surface area contributed by atoms with Crippen molar-refractivity contribution in [1.82, 2.24) is 4.98 Å². The average molecular weight is 411 g/mol. The highest BCUT2D eigenvalue weighted by atomic mass is 35.5. The third-order valence-corrected chi connectivity index (χ3v) is 5.31. The molecule has 9 heteroatoms. The van der Waals surface area contributed by atoms with Gasteiger partial charge in [-0.05, 0) is 23.6 Å². The van der Waals surface area contributed by atoms with Crippen LogP contribution in [-0.4, -0.2) is 17.1 Å². The fourth-order valence-electron chi connectivity index (χ4n) is 1.96. The summed E-state index contributed by atoms with van der Waals surface area (Å²) in [6.07, 6.45) is 1.59. The number of benzene rings is 1. The third-order valence-electron chi connectivity index (χ3n) is 3.00. The molecule has 0 aliphatic rings. The van der Waals surface area contributed by atoms with Gasteiger partial charge in [0.05, 0.1) is 16.1 Å². The first kappa shape index (κ1) is 17.9. The highest BCUT2D eigenvalue weighted by Crippen LogP contribution is 2.37. The molecule has 2 N–H and O–H groups in total. The maximum atomic E-state index is 11.4. The third kappa shape index (κ3) is 4.58. The Morgan fingerprint density at radius 3 is 2.84 bits per heavy atom. The minimum atomic E-state index is -0.149. The van der Waals surface area contributed by atoms with E-state index in [1.54, 1.807) is 35.8 Å². The van der Waals surface area contributed by atoms with Crippen molar-refractivity contribution in [2.24, 2.45) is 5.10 Å². The number of hydrogen-bond donors (Lipinski definition) is 2. The van der Waals surface area contributed by atoms with Gasteiger partial charge >= 0.3 is 0 Å². The van der Waals surface area contributed by atoms with Crippen molar-refractivity contribution in [2.75, 3.05) is 10.7 Å². The first-order chi connectivity index (χ1) is 12.0. The second-order valence-electron chi connectivity index (χ2n) is 4.89. The van der Waals surface area contributed by atoms with E-state index in [1.165, 1.54) is 18.3 Å². The second-order valence-corrected chi connectivity index (χ2v) is 7.68. The van der Waals surface area contributed by atoms with E-state index in [1.807, 2.05) is 17.5 Å². The van der Waals surface area contributed by atoms with Crippen LogP contribution < -0.4 is 10.7 Å². The molecule has 2 aromatic heterocycles. The summed E-state index contributed by atoms with van der Waals surface area (Å²) in [5, 5.41) is 11.2. The summed E-state index contributed by atoms with van der Waals surface area (Å²) in [7, 11) is 0. The largest absolute Gasteiger partial charge is 0.316 e. The van der Waals surface area contributed by atoms with Gasteiger partial charge in [-0.3, -0.25) is 10.2 Å². The second kappa shape index (κ2) is 7.97. The van der Waals surface area contributed by atoms with Gasteiger partial charge in [0.2, 0.25) is 11.0 Å². The molecule has 0 saturated heterocycles. The van der Waals surface area contributed by atoms with Crippen LogP contribution in [-0.2, 0) is 4.79 Å². The number of rotatable bonds is 5. The Bertz CT molecular complexity index is 922. The topological polar surface area (TPSA) is 66.4 Å². The number of anilines is 2. The SMILES string of the molecule is CC(=O)Nc1sc(NN=Cc2ccc(Cl)cc2Cl)nc1-c1cccs1. The van der Waals surface area contributed by atoms with E-state index in [2.05, 4.69) is 20.8 Å². The van der Waals surface area contributed by atoms with Crippen molar-refractivity contribution in [3.8, 4) is 10.6 Å². The van der Waals surface area contributed by atoms with Crippen LogP contribution in [0.4, 0.5) is 10.1 Å². The highest BCUT2D eigenvalue weighted by molar-refractivity contribution is 7.21. The molecular formula is C16H12Cl2N4OS2. The van der Waals surface area contributed by atoms with Crippen molar-refractivity contribution in [3.05, 3.63) is 51.3 Å². The molecule has 1 amide bonds. The molecule has 2 heterocycles. The molecule has 3 rings (SSSR count). The van der Waals surface area contributed by atoms with Crippen LogP contribution in [0.25, 0.3) is 10.6 Å². The number of carbonyl (C=O) groups excluding carboxylic acids is 1. The van der Waals surface area contributed by atoms with Gasteiger partial charge in [0.1, 0.15) is 10.7 Å². The number of nitrogens with one attached hydrogen (secondary N) is 2. The van der Waals surface area contributed by atoms with Crippen LogP contribution in [0.15, 0.2) is 40.8 Å². The fraction of sp³-hybridized carbons (Fsp3) is 0.0625. The van der Waals surface area contributed by atoms with Crippen molar-refractivity contribution < 1.29 is 4.79 Å². The van der Waals surface area contributed by atoms with Crippen LogP contribution >= 0.6 is 45.9 Å². The van der Waals surface area contributed by atoms with E-state index in [-0.39, 0.29) is 5.91 Å². The molecule has 0 bridgehead atoms. The highest BCUT2D eigenvalue weighted by Gasteiger charge is 2.14. The molecule has 0 aliphatic carbocycles. The molecule has 0 radical (unpaired) electrons. The summed E-state index contributed by atoms with van der Waals surface area (Å²) in [6.45, 7) is 1.46. The Morgan fingerprint density at radius 2 is 2.16 bits per heavy atom. The van der Waals surface area contributed by atoms with E-state index < -0.39 is 0 Å². The number of thiophene rings is 1. The Kier molecular flexibility index (Phi) is 5.70. The number of aromatic nitrogens is 1. The molecule has 0 atom stereocenters. The van der Waals surface area contributed by atoms with Crippen LogP contribution in [0, 0.1) is 0 Å². The zero-order valence-electron chi connectivity index (χ0n) is 12.9. The van der Waals surface area contributed by atoms with Crippen molar-refractivity contribution >= 4 is 68.1 Å². The summed E-state index contributed by atoms with van der Waals surface area (Å²) in [4.78, 5) is 16.9. The summed E-state index contributed by atoms with van der Waals surface area (Å²) < 4.78 is 0. The van der Waals surface area contributed by atoms with Gasteiger partial charge in [0.25, 0.3) is 0 Å². The van der Waals surface area contributed by atoms with Crippen LogP contribution in [0.3, 0.4) is 0 Å². The van der Waals surface area contributed by atoms with Gasteiger partial charge in [-0.1, -0.05) is 46.7 Å². The molecule has 0 spiro atoms. The Hall–Kier alpha value is -1.93. The minimum absolute atomic E-state index is 0.149. The number of hydrogen-bond acceptors (Lipinski definition) is 6. The van der Waals surface area contributed by atoms with Crippen molar-refractivity contribution in [2.45, 2.75) is 6.92 Å². The van der Waals surface area contributed by atoms with Gasteiger partial charge in [0, 0.05) is 17.5 Å². The maximum absolute atomic E-state index is 11.4. The monoisotopic (exact) mass is 410 g/mol. The molecule has 0 fully saturated rings. The summed E-state index contributed by atoms with van der Waals surface area (Å²) >= 11 is 14.8. The first-order valence-corrected chi connectivity index (χ1v) is 9.54. The minimum Gasteiger partial charge on any atom is -0.316 e. The maximum Gasteiger partial charge on any atom is 0.221 e. The molecule has 1 aromatic carbocycles. The van der Waals surface area contributed by atoms with Gasteiger partial charge in [-0.2, -0.15) is 5.10 Å². The summed E-state index contributed by atoms with van der Waals surface area (Å²) in [5.74, 6) is -0.149. The Morgan fingerprint density at radius 1 is 1.32 bits per heavy atom. The zero-order valence-corrected chi connectivity index (χ0v) is 16.1. The normalized spacial score (nSPS) is 11.0. The van der Waals surface area contributed by atoms with Gasteiger partial charge in [-0.15, -0.1) is 11.3 Å². The van der Waals surface area contributed by atoms with E-state index in [0.29, 0.717) is 20.2 Å². The lowest BCUT2D eigenvalue weighted by molar-refractivity contribution is -0.114. The Labute approximate surface area is 162 Å². The van der Waals surface area contributed by atoms with E-state index in [9.17, 15) is 4.79 Å². The van der Waals surface area contributed by atoms with E-state index >= 15 is 0 Å². The lowest BCUT2D eigenvalue weighted by Crippen LogP contribution is -2.04. The molecule has 128 valence electrons. The molecule has 5 nitrogen and oxygen atoms in total. The quantitative estimate of drug-likeness (QED) is 0.425. The number of halogens is 2. The smallest absolute Gasteiger partial charge is 0.221 e.